The lowest BCUT2D eigenvalue weighted by Crippen LogP contribution is -2.35. The van der Waals surface area contributed by atoms with Gasteiger partial charge in [-0.15, -0.1) is 0 Å². The highest BCUT2D eigenvalue weighted by atomic mass is 32.2. The molecule has 1 rings (SSSR count). The summed E-state index contributed by atoms with van der Waals surface area (Å²) in [4.78, 5) is 14.2. The van der Waals surface area contributed by atoms with E-state index in [1.165, 1.54) is 17.3 Å². The number of nitrogens with zero attached hydrogens (tertiary/aromatic N) is 1. The Morgan fingerprint density at radius 2 is 1.91 bits per heavy atom. The predicted molar refractivity (Wildman–Crippen MR) is 102 cm³/mol. The SMILES string of the molecule is CCN(CC)C(=S)S[C@H](C)C(=O)NCCc1ccc(OC)cc1. The summed E-state index contributed by atoms with van der Waals surface area (Å²) < 4.78 is 5.91. The van der Waals surface area contributed by atoms with E-state index in [-0.39, 0.29) is 11.2 Å². The van der Waals surface area contributed by atoms with Crippen molar-refractivity contribution in [3.63, 3.8) is 0 Å². The molecule has 1 amide bonds. The second-order valence-electron chi connectivity index (χ2n) is 5.09. The number of thioether (sulfide) groups is 1. The zero-order valence-corrected chi connectivity index (χ0v) is 15.9. The van der Waals surface area contributed by atoms with Gasteiger partial charge in [0.05, 0.1) is 12.4 Å². The Morgan fingerprint density at radius 3 is 2.43 bits per heavy atom. The first-order valence-electron chi connectivity index (χ1n) is 7.88. The van der Waals surface area contributed by atoms with Gasteiger partial charge >= 0.3 is 0 Å². The molecular formula is C17H26N2O2S2. The zero-order chi connectivity index (χ0) is 17.2. The number of hydrogen-bond donors (Lipinski definition) is 1. The first-order valence-corrected chi connectivity index (χ1v) is 9.16. The Labute approximate surface area is 149 Å². The summed E-state index contributed by atoms with van der Waals surface area (Å²) in [7, 11) is 1.65. The zero-order valence-electron chi connectivity index (χ0n) is 14.3. The number of thiocarbonyl (C=S) groups is 1. The van der Waals surface area contributed by atoms with Crippen LogP contribution in [-0.4, -0.2) is 47.1 Å². The number of benzene rings is 1. The minimum Gasteiger partial charge on any atom is -0.497 e. The van der Waals surface area contributed by atoms with Gasteiger partial charge in [0.15, 0.2) is 0 Å². The fourth-order valence-electron chi connectivity index (χ4n) is 2.03. The summed E-state index contributed by atoms with van der Waals surface area (Å²) in [5.41, 5.74) is 1.17. The van der Waals surface area contributed by atoms with Gasteiger partial charge in [0.2, 0.25) is 5.91 Å². The average molecular weight is 355 g/mol. The van der Waals surface area contributed by atoms with Gasteiger partial charge in [0.25, 0.3) is 0 Å². The van der Waals surface area contributed by atoms with Crippen molar-refractivity contribution in [2.45, 2.75) is 32.4 Å². The van der Waals surface area contributed by atoms with Crippen LogP contribution in [0.2, 0.25) is 0 Å². The van der Waals surface area contributed by atoms with Crippen LogP contribution in [0.15, 0.2) is 24.3 Å². The van der Waals surface area contributed by atoms with Gasteiger partial charge < -0.3 is 15.0 Å². The van der Waals surface area contributed by atoms with E-state index in [1.54, 1.807) is 7.11 Å². The summed E-state index contributed by atoms with van der Waals surface area (Å²) in [6, 6.07) is 7.88. The third-order valence-corrected chi connectivity index (χ3v) is 5.11. The van der Waals surface area contributed by atoms with Crippen molar-refractivity contribution in [2.24, 2.45) is 0 Å². The van der Waals surface area contributed by atoms with E-state index in [4.69, 9.17) is 17.0 Å². The molecule has 0 aromatic heterocycles. The van der Waals surface area contributed by atoms with Crippen LogP contribution in [0.4, 0.5) is 0 Å². The molecule has 0 radical (unpaired) electrons. The molecule has 0 unspecified atom stereocenters. The van der Waals surface area contributed by atoms with Crippen LogP contribution in [0.3, 0.4) is 0 Å². The normalized spacial score (nSPS) is 11.7. The van der Waals surface area contributed by atoms with E-state index in [0.29, 0.717) is 6.54 Å². The summed E-state index contributed by atoms with van der Waals surface area (Å²) in [5, 5.41) is 2.79. The Hall–Kier alpha value is -1.27. The lowest BCUT2D eigenvalue weighted by atomic mass is 10.1. The number of carbonyl (C=O) groups excluding carboxylic acids is 1. The van der Waals surface area contributed by atoms with Gasteiger partial charge in [-0.2, -0.15) is 0 Å². The van der Waals surface area contributed by atoms with Crippen molar-refractivity contribution in [3.05, 3.63) is 29.8 Å². The number of amides is 1. The highest BCUT2D eigenvalue weighted by molar-refractivity contribution is 8.23. The van der Waals surface area contributed by atoms with Gasteiger partial charge in [-0.1, -0.05) is 36.1 Å². The molecule has 0 fully saturated rings. The second kappa shape index (κ2) is 10.5. The first-order chi connectivity index (χ1) is 11.0. The molecule has 0 spiro atoms. The molecule has 128 valence electrons. The molecule has 1 atom stereocenters. The van der Waals surface area contributed by atoms with Crippen molar-refractivity contribution in [2.75, 3.05) is 26.7 Å². The molecule has 6 heteroatoms. The monoisotopic (exact) mass is 354 g/mol. The van der Waals surface area contributed by atoms with Gasteiger partial charge in [-0.25, -0.2) is 0 Å². The van der Waals surface area contributed by atoms with Crippen LogP contribution in [0, 0.1) is 0 Å². The maximum atomic E-state index is 12.1. The lowest BCUT2D eigenvalue weighted by Gasteiger charge is -2.22. The highest BCUT2D eigenvalue weighted by Gasteiger charge is 2.17. The molecule has 0 saturated carbocycles. The Balaban J connectivity index is 2.36. The molecule has 0 aliphatic carbocycles. The quantitative estimate of drug-likeness (QED) is 0.727. The van der Waals surface area contributed by atoms with Crippen molar-refractivity contribution in [3.8, 4) is 5.75 Å². The van der Waals surface area contributed by atoms with Gasteiger partial charge in [0.1, 0.15) is 10.1 Å². The first kappa shape index (κ1) is 19.8. The topological polar surface area (TPSA) is 41.6 Å². The van der Waals surface area contributed by atoms with Crippen LogP contribution in [0.1, 0.15) is 26.3 Å². The van der Waals surface area contributed by atoms with Crippen molar-refractivity contribution < 1.29 is 9.53 Å². The predicted octanol–water partition coefficient (Wildman–Crippen LogP) is 3.10. The van der Waals surface area contributed by atoms with E-state index < -0.39 is 0 Å². The molecule has 0 bridgehead atoms. The third-order valence-electron chi connectivity index (χ3n) is 3.54. The largest absolute Gasteiger partial charge is 0.497 e. The number of hydrogen-bond acceptors (Lipinski definition) is 4. The van der Waals surface area contributed by atoms with Crippen LogP contribution in [0.25, 0.3) is 0 Å². The molecular weight excluding hydrogens is 328 g/mol. The summed E-state index contributed by atoms with van der Waals surface area (Å²) in [5.74, 6) is 0.866. The molecule has 0 aliphatic heterocycles. The summed E-state index contributed by atoms with van der Waals surface area (Å²) in [6.45, 7) is 8.38. The Kier molecular flexibility index (Phi) is 9.02. The van der Waals surface area contributed by atoms with Crippen molar-refractivity contribution in [1.82, 2.24) is 10.2 Å². The fraction of sp³-hybridized carbons (Fsp3) is 0.529. The minimum atomic E-state index is -0.182. The second-order valence-corrected chi connectivity index (χ2v) is 7.06. The standard InChI is InChI=1S/C17H26N2O2S2/c1-5-19(6-2)17(22)23-13(3)16(20)18-12-11-14-7-9-15(21-4)10-8-14/h7-10,13H,5-6,11-12H2,1-4H3,(H,18,20)/t13-/m1/s1. The number of methoxy groups -OCH3 is 1. The molecule has 4 nitrogen and oxygen atoms in total. The van der Waals surface area contributed by atoms with E-state index in [1.807, 2.05) is 31.2 Å². The van der Waals surface area contributed by atoms with Gasteiger partial charge in [-0.3, -0.25) is 4.79 Å². The summed E-state index contributed by atoms with van der Waals surface area (Å²) in [6.07, 6.45) is 0.799. The number of ether oxygens (including phenoxy) is 1. The fourth-order valence-corrected chi connectivity index (χ4v) is 3.62. The highest BCUT2D eigenvalue weighted by Crippen LogP contribution is 2.16. The van der Waals surface area contributed by atoms with E-state index in [2.05, 4.69) is 24.1 Å². The molecule has 23 heavy (non-hydrogen) atoms. The third kappa shape index (κ3) is 6.79. The van der Waals surface area contributed by atoms with Crippen molar-refractivity contribution >= 4 is 34.2 Å². The van der Waals surface area contributed by atoms with Gasteiger partial charge in [0, 0.05) is 19.6 Å². The molecule has 0 saturated heterocycles. The smallest absolute Gasteiger partial charge is 0.233 e. The number of rotatable bonds is 8. The van der Waals surface area contributed by atoms with Crippen LogP contribution >= 0.6 is 24.0 Å². The number of carbonyl (C=O) groups is 1. The molecule has 0 heterocycles. The number of nitrogens with one attached hydrogen (secondary N) is 1. The van der Waals surface area contributed by atoms with Gasteiger partial charge in [-0.05, 0) is 44.9 Å². The van der Waals surface area contributed by atoms with E-state index in [9.17, 15) is 4.79 Å². The Bertz CT molecular complexity index is 502. The molecule has 0 aliphatic rings. The van der Waals surface area contributed by atoms with E-state index >= 15 is 0 Å². The molecule has 1 N–H and O–H groups in total. The summed E-state index contributed by atoms with van der Waals surface area (Å²) >= 11 is 6.82. The van der Waals surface area contributed by atoms with Crippen molar-refractivity contribution in [1.29, 1.82) is 0 Å². The minimum absolute atomic E-state index is 0.0259. The molecule has 1 aromatic carbocycles. The maximum absolute atomic E-state index is 12.1. The maximum Gasteiger partial charge on any atom is 0.233 e. The van der Waals surface area contributed by atoms with E-state index in [0.717, 1.165) is 29.6 Å². The lowest BCUT2D eigenvalue weighted by molar-refractivity contribution is -0.120. The average Bonchev–Trinajstić information content (AvgIpc) is 2.56. The Morgan fingerprint density at radius 1 is 1.30 bits per heavy atom. The van der Waals surface area contributed by atoms with Crippen LogP contribution in [0.5, 0.6) is 5.75 Å². The van der Waals surface area contributed by atoms with Crippen LogP contribution in [-0.2, 0) is 11.2 Å². The molecule has 1 aromatic rings. The van der Waals surface area contributed by atoms with Crippen LogP contribution < -0.4 is 10.1 Å².